The number of esters is 1. The van der Waals surface area contributed by atoms with Crippen molar-refractivity contribution in [3.8, 4) is 0 Å². The predicted molar refractivity (Wildman–Crippen MR) is 99.3 cm³/mol. The van der Waals surface area contributed by atoms with Crippen molar-refractivity contribution in [3.05, 3.63) is 12.2 Å². The van der Waals surface area contributed by atoms with Crippen LogP contribution in [-0.2, 0) is 23.9 Å². The van der Waals surface area contributed by atoms with Crippen molar-refractivity contribution < 1.29 is 23.9 Å². The highest BCUT2D eigenvalue weighted by Gasteiger charge is 2.58. The molecule has 0 radical (unpaired) electrons. The SMILES string of the molecule is CCCCOC(C)OC(=O)CCCCCN1C(=O)C2C3C=CC(C3)C2C1=O. The Hall–Kier alpha value is -1.69. The van der Waals surface area contributed by atoms with Crippen LogP contribution in [0.5, 0.6) is 0 Å². The molecule has 0 aromatic rings. The van der Waals surface area contributed by atoms with Gasteiger partial charge in [0, 0.05) is 13.0 Å². The van der Waals surface area contributed by atoms with Crippen LogP contribution in [0.2, 0.25) is 0 Å². The lowest BCUT2D eigenvalue weighted by Gasteiger charge is -2.17. The zero-order valence-electron chi connectivity index (χ0n) is 16.4. The molecule has 1 saturated heterocycles. The molecule has 0 aromatic carbocycles. The molecule has 3 rings (SSSR count). The van der Waals surface area contributed by atoms with Crippen LogP contribution in [0.15, 0.2) is 12.2 Å². The van der Waals surface area contributed by atoms with E-state index in [-0.39, 0.29) is 41.5 Å². The van der Waals surface area contributed by atoms with Crippen LogP contribution in [0.25, 0.3) is 0 Å². The first-order valence-corrected chi connectivity index (χ1v) is 10.4. The summed E-state index contributed by atoms with van der Waals surface area (Å²) in [5.41, 5.74) is 0. The Morgan fingerprint density at radius 3 is 2.41 bits per heavy atom. The van der Waals surface area contributed by atoms with E-state index in [0.29, 0.717) is 26.0 Å². The molecule has 0 spiro atoms. The van der Waals surface area contributed by atoms with E-state index in [1.165, 1.54) is 4.90 Å². The largest absolute Gasteiger partial charge is 0.436 e. The van der Waals surface area contributed by atoms with Crippen molar-refractivity contribution in [3.63, 3.8) is 0 Å². The summed E-state index contributed by atoms with van der Waals surface area (Å²) in [6.45, 7) is 4.88. The number of carbonyl (C=O) groups is 3. The first-order chi connectivity index (χ1) is 13.0. The van der Waals surface area contributed by atoms with E-state index in [9.17, 15) is 14.4 Å². The van der Waals surface area contributed by atoms with Gasteiger partial charge in [-0.05, 0) is 44.4 Å². The van der Waals surface area contributed by atoms with Crippen molar-refractivity contribution >= 4 is 17.8 Å². The summed E-state index contributed by atoms with van der Waals surface area (Å²) in [5.74, 6) is 0.0620. The lowest BCUT2D eigenvalue weighted by molar-refractivity contribution is -0.175. The summed E-state index contributed by atoms with van der Waals surface area (Å²) >= 11 is 0. The van der Waals surface area contributed by atoms with Crippen LogP contribution >= 0.6 is 0 Å². The van der Waals surface area contributed by atoms with Gasteiger partial charge < -0.3 is 9.47 Å². The Bertz CT molecular complexity index is 571. The number of likely N-dealkylation sites (tertiary alicyclic amines) is 1. The fourth-order valence-electron chi connectivity index (χ4n) is 4.57. The lowest BCUT2D eigenvalue weighted by atomic mass is 9.85. The Morgan fingerprint density at radius 2 is 1.78 bits per heavy atom. The summed E-state index contributed by atoms with van der Waals surface area (Å²) < 4.78 is 10.6. The molecular formula is C21H31NO5. The fourth-order valence-corrected chi connectivity index (χ4v) is 4.57. The van der Waals surface area contributed by atoms with Gasteiger partial charge in [0.25, 0.3) is 0 Å². The topological polar surface area (TPSA) is 72.9 Å². The maximum atomic E-state index is 12.6. The van der Waals surface area contributed by atoms with Crippen molar-refractivity contribution in [1.29, 1.82) is 0 Å². The zero-order chi connectivity index (χ0) is 19.4. The van der Waals surface area contributed by atoms with Crippen molar-refractivity contribution in [2.45, 2.75) is 65.1 Å². The zero-order valence-corrected chi connectivity index (χ0v) is 16.4. The molecule has 150 valence electrons. The number of rotatable bonds is 11. The molecule has 5 unspecified atom stereocenters. The molecule has 27 heavy (non-hydrogen) atoms. The van der Waals surface area contributed by atoms with Crippen LogP contribution in [0.3, 0.4) is 0 Å². The fraction of sp³-hybridized carbons (Fsp3) is 0.762. The average Bonchev–Trinajstić information content (AvgIpc) is 3.30. The highest BCUT2D eigenvalue weighted by atomic mass is 16.7. The first-order valence-electron chi connectivity index (χ1n) is 10.4. The molecule has 3 aliphatic rings. The summed E-state index contributed by atoms with van der Waals surface area (Å²) in [7, 11) is 0. The quantitative estimate of drug-likeness (QED) is 0.182. The third kappa shape index (κ3) is 4.42. The Morgan fingerprint density at radius 1 is 1.11 bits per heavy atom. The Balaban J connectivity index is 1.30. The van der Waals surface area contributed by atoms with Crippen LogP contribution in [-0.4, -0.2) is 42.1 Å². The Kier molecular flexibility index (Phi) is 6.68. The van der Waals surface area contributed by atoms with Gasteiger partial charge in [-0.15, -0.1) is 0 Å². The number of hydrogen-bond acceptors (Lipinski definition) is 5. The number of fused-ring (bicyclic) bond motifs is 5. The molecule has 1 heterocycles. The molecular weight excluding hydrogens is 346 g/mol. The van der Waals surface area contributed by atoms with Crippen LogP contribution in [0.1, 0.15) is 58.8 Å². The molecule has 2 amide bonds. The van der Waals surface area contributed by atoms with Gasteiger partial charge in [0.2, 0.25) is 11.8 Å². The molecule has 2 aliphatic carbocycles. The number of allylic oxidation sites excluding steroid dienone is 2. The van der Waals surface area contributed by atoms with Crippen LogP contribution in [0, 0.1) is 23.7 Å². The first kappa shape index (κ1) is 20.1. The molecule has 5 atom stereocenters. The third-order valence-corrected chi connectivity index (χ3v) is 5.97. The standard InChI is InChI=1S/C21H31NO5/c1-3-4-12-26-14(2)27-17(23)8-6-5-7-11-22-20(24)18-15-9-10-16(13-15)19(18)21(22)25/h9-10,14-16,18-19H,3-8,11-13H2,1-2H3. The van der Waals surface area contributed by atoms with Gasteiger partial charge in [0.05, 0.1) is 18.4 Å². The third-order valence-electron chi connectivity index (χ3n) is 5.97. The molecule has 0 aromatic heterocycles. The second-order valence-corrected chi connectivity index (χ2v) is 7.92. The van der Waals surface area contributed by atoms with E-state index in [4.69, 9.17) is 9.47 Å². The van der Waals surface area contributed by atoms with Crippen LogP contribution in [0.4, 0.5) is 0 Å². The number of hydrogen-bond donors (Lipinski definition) is 0. The molecule has 6 heteroatoms. The number of amides is 2. The summed E-state index contributed by atoms with van der Waals surface area (Å²) in [6.07, 6.45) is 9.22. The van der Waals surface area contributed by atoms with E-state index in [2.05, 4.69) is 19.1 Å². The monoisotopic (exact) mass is 377 g/mol. The maximum Gasteiger partial charge on any atom is 0.308 e. The van der Waals surface area contributed by atoms with Gasteiger partial charge in [0.15, 0.2) is 6.29 Å². The van der Waals surface area contributed by atoms with Gasteiger partial charge in [-0.3, -0.25) is 19.3 Å². The predicted octanol–water partition coefficient (Wildman–Crippen LogP) is 3.06. The van der Waals surface area contributed by atoms with Crippen LogP contribution < -0.4 is 0 Å². The lowest BCUT2D eigenvalue weighted by Crippen LogP contribution is -2.33. The molecule has 1 aliphatic heterocycles. The number of nitrogens with zero attached hydrogens (tertiary/aromatic N) is 1. The highest BCUT2D eigenvalue weighted by molar-refractivity contribution is 6.06. The minimum absolute atomic E-state index is 0.0133. The molecule has 0 N–H and O–H groups in total. The number of ether oxygens (including phenoxy) is 2. The molecule has 6 nitrogen and oxygen atoms in total. The van der Waals surface area contributed by atoms with E-state index >= 15 is 0 Å². The van der Waals surface area contributed by atoms with E-state index in [0.717, 1.165) is 32.1 Å². The second kappa shape index (κ2) is 9.00. The maximum absolute atomic E-state index is 12.6. The van der Waals surface area contributed by atoms with Gasteiger partial charge in [-0.1, -0.05) is 31.9 Å². The molecule has 2 bridgehead atoms. The average molecular weight is 377 g/mol. The number of unbranched alkanes of at least 4 members (excludes halogenated alkanes) is 3. The minimum atomic E-state index is -0.507. The number of imide groups is 1. The summed E-state index contributed by atoms with van der Waals surface area (Å²) in [6, 6.07) is 0. The summed E-state index contributed by atoms with van der Waals surface area (Å²) in [4.78, 5) is 38.4. The molecule has 1 saturated carbocycles. The number of carbonyl (C=O) groups excluding carboxylic acids is 3. The molecule has 2 fully saturated rings. The van der Waals surface area contributed by atoms with Crippen molar-refractivity contribution in [1.82, 2.24) is 4.90 Å². The van der Waals surface area contributed by atoms with E-state index in [1.807, 2.05) is 0 Å². The normalized spacial score (nSPS) is 29.5. The van der Waals surface area contributed by atoms with E-state index < -0.39 is 6.29 Å². The summed E-state index contributed by atoms with van der Waals surface area (Å²) in [5, 5.41) is 0. The van der Waals surface area contributed by atoms with Gasteiger partial charge in [-0.25, -0.2) is 0 Å². The second-order valence-electron chi connectivity index (χ2n) is 7.92. The smallest absolute Gasteiger partial charge is 0.308 e. The Labute approximate surface area is 161 Å². The minimum Gasteiger partial charge on any atom is -0.436 e. The van der Waals surface area contributed by atoms with Gasteiger partial charge in [-0.2, -0.15) is 0 Å². The van der Waals surface area contributed by atoms with E-state index in [1.54, 1.807) is 6.92 Å². The van der Waals surface area contributed by atoms with Gasteiger partial charge in [0.1, 0.15) is 0 Å². The van der Waals surface area contributed by atoms with Gasteiger partial charge >= 0.3 is 5.97 Å². The van der Waals surface area contributed by atoms with Crippen molar-refractivity contribution in [2.75, 3.05) is 13.2 Å². The van der Waals surface area contributed by atoms with Crippen molar-refractivity contribution in [2.24, 2.45) is 23.7 Å². The highest BCUT2D eigenvalue weighted by Crippen LogP contribution is 2.52.